The van der Waals surface area contributed by atoms with E-state index < -0.39 is 12.7 Å². The van der Waals surface area contributed by atoms with E-state index in [9.17, 15) is 0 Å². The van der Waals surface area contributed by atoms with E-state index in [-0.39, 0.29) is 0 Å². The summed E-state index contributed by atoms with van der Waals surface area (Å²) in [7, 11) is -1.34. The van der Waals surface area contributed by atoms with Crippen molar-refractivity contribution in [1.82, 2.24) is 20.2 Å². The second kappa shape index (κ2) is 10.5. The molecular formula is C26H23BN4O2. The molecule has 7 heteroatoms. The summed E-state index contributed by atoms with van der Waals surface area (Å²) in [4.78, 5) is 1.69. The summed E-state index contributed by atoms with van der Waals surface area (Å²) in [6.45, 7) is 0. The zero-order valence-corrected chi connectivity index (χ0v) is 17.9. The first-order valence-corrected chi connectivity index (χ1v) is 10.5. The van der Waals surface area contributed by atoms with Crippen LogP contribution in [0.3, 0.4) is 0 Å². The smallest absolute Gasteiger partial charge is 0.423 e. The molecule has 0 aliphatic carbocycles. The van der Waals surface area contributed by atoms with Crippen LogP contribution in [-0.2, 0) is 5.54 Å². The Hall–Kier alpha value is -4.07. The van der Waals surface area contributed by atoms with Crippen LogP contribution in [-0.4, -0.2) is 37.4 Å². The number of tetrazole rings is 1. The van der Waals surface area contributed by atoms with Gasteiger partial charge in [-0.2, -0.15) is 0 Å². The van der Waals surface area contributed by atoms with Crippen LogP contribution in [0.5, 0.6) is 0 Å². The largest absolute Gasteiger partial charge is 0.488 e. The Kier molecular flexibility index (Phi) is 7.04. The molecular weight excluding hydrogens is 411 g/mol. The molecule has 0 saturated carbocycles. The van der Waals surface area contributed by atoms with Gasteiger partial charge in [0, 0.05) is 0 Å². The van der Waals surface area contributed by atoms with E-state index in [0.29, 0.717) is 5.46 Å². The zero-order chi connectivity index (χ0) is 22.9. The lowest BCUT2D eigenvalue weighted by molar-refractivity contribution is 0.395. The third-order valence-corrected chi connectivity index (χ3v) is 5.32. The highest BCUT2D eigenvalue weighted by Crippen LogP contribution is 2.39. The van der Waals surface area contributed by atoms with Crippen molar-refractivity contribution in [1.29, 1.82) is 0 Å². The third kappa shape index (κ3) is 4.74. The van der Waals surface area contributed by atoms with Crippen molar-refractivity contribution in [2.45, 2.75) is 5.54 Å². The molecule has 1 aromatic heterocycles. The highest BCUT2D eigenvalue weighted by atomic mass is 16.4. The van der Waals surface area contributed by atoms with Gasteiger partial charge in [-0.1, -0.05) is 121 Å². The van der Waals surface area contributed by atoms with Crippen molar-refractivity contribution in [3.63, 3.8) is 0 Å². The van der Waals surface area contributed by atoms with Gasteiger partial charge in [-0.05, 0) is 27.4 Å². The van der Waals surface area contributed by atoms with Crippen molar-refractivity contribution in [2.24, 2.45) is 0 Å². The molecule has 4 aromatic carbocycles. The lowest BCUT2D eigenvalue weighted by atomic mass is 9.77. The number of rotatable bonds is 5. The summed E-state index contributed by atoms with van der Waals surface area (Å²) < 4.78 is 0. The van der Waals surface area contributed by atoms with Crippen LogP contribution in [0.15, 0.2) is 128 Å². The summed E-state index contributed by atoms with van der Waals surface area (Å²) >= 11 is 0. The van der Waals surface area contributed by atoms with Crippen molar-refractivity contribution in [2.75, 3.05) is 0 Å². The highest BCUT2D eigenvalue weighted by Gasteiger charge is 2.40. The van der Waals surface area contributed by atoms with Gasteiger partial charge in [0.15, 0.2) is 11.9 Å². The standard InChI is InChI=1S/C20H16N4.C6H7BO2/c1-4-10-17(11-5-1)20(24-22-16-21-23-24,18-12-6-2-7-13-18)19-14-8-3-9-15-19;8-7(9)6-4-2-1-3-5-6/h1-16H;1-5,8-9H. The fourth-order valence-corrected chi connectivity index (χ4v) is 3.83. The Morgan fingerprint density at radius 2 is 0.970 bits per heavy atom. The number of benzene rings is 4. The van der Waals surface area contributed by atoms with Gasteiger partial charge in [0.05, 0.1) is 0 Å². The van der Waals surface area contributed by atoms with Crippen LogP contribution >= 0.6 is 0 Å². The van der Waals surface area contributed by atoms with Crippen LogP contribution in [0, 0.1) is 0 Å². The summed E-state index contributed by atoms with van der Waals surface area (Å²) in [5.41, 5.74) is 3.11. The SMILES string of the molecule is OB(O)c1ccccc1.c1ccc(C(c2ccccc2)(c2ccccc2)n2ncnn2)cc1. The van der Waals surface area contributed by atoms with Crippen LogP contribution in [0.2, 0.25) is 0 Å². The third-order valence-electron chi connectivity index (χ3n) is 5.32. The molecule has 0 radical (unpaired) electrons. The van der Waals surface area contributed by atoms with Crippen molar-refractivity contribution in [3.05, 3.63) is 144 Å². The van der Waals surface area contributed by atoms with Crippen molar-refractivity contribution < 1.29 is 10.0 Å². The first-order chi connectivity index (χ1) is 16.2. The summed E-state index contributed by atoms with van der Waals surface area (Å²) in [5.74, 6) is 0. The van der Waals surface area contributed by atoms with Crippen molar-refractivity contribution in [3.8, 4) is 0 Å². The molecule has 33 heavy (non-hydrogen) atoms. The molecule has 0 aliphatic heterocycles. The molecule has 0 spiro atoms. The van der Waals surface area contributed by atoms with E-state index in [0.717, 1.165) is 16.7 Å². The minimum Gasteiger partial charge on any atom is -0.423 e. The number of nitrogens with zero attached hydrogens (tertiary/aromatic N) is 4. The molecule has 162 valence electrons. The van der Waals surface area contributed by atoms with Gasteiger partial charge < -0.3 is 10.0 Å². The Morgan fingerprint density at radius 3 is 1.27 bits per heavy atom. The second-order valence-corrected chi connectivity index (χ2v) is 7.32. The Labute approximate surface area is 192 Å². The van der Waals surface area contributed by atoms with Gasteiger partial charge >= 0.3 is 7.12 Å². The normalized spacial score (nSPS) is 10.7. The lowest BCUT2D eigenvalue weighted by Gasteiger charge is -2.34. The van der Waals surface area contributed by atoms with Crippen LogP contribution in [0.1, 0.15) is 16.7 Å². The average Bonchev–Trinajstić information content (AvgIpc) is 3.43. The monoisotopic (exact) mass is 434 g/mol. The van der Waals surface area contributed by atoms with E-state index >= 15 is 0 Å². The van der Waals surface area contributed by atoms with Crippen LogP contribution < -0.4 is 5.46 Å². The molecule has 5 rings (SSSR count). The molecule has 2 N–H and O–H groups in total. The van der Waals surface area contributed by atoms with Gasteiger partial charge in [-0.15, -0.1) is 15.0 Å². The van der Waals surface area contributed by atoms with E-state index in [2.05, 4.69) is 51.8 Å². The molecule has 0 bridgehead atoms. The van der Waals surface area contributed by atoms with Gasteiger partial charge in [0.2, 0.25) is 0 Å². The maximum Gasteiger partial charge on any atom is 0.488 e. The fourth-order valence-electron chi connectivity index (χ4n) is 3.83. The maximum atomic E-state index is 8.58. The molecule has 6 nitrogen and oxygen atoms in total. The Balaban J connectivity index is 0.000000243. The summed E-state index contributed by atoms with van der Waals surface area (Å²) in [6.07, 6.45) is 1.48. The Bertz CT molecular complexity index is 1120. The summed E-state index contributed by atoms with van der Waals surface area (Å²) in [6, 6.07) is 39.5. The molecule has 0 fully saturated rings. The molecule has 0 saturated heterocycles. The predicted molar refractivity (Wildman–Crippen MR) is 129 cm³/mol. The molecule has 0 amide bonds. The highest BCUT2D eigenvalue weighted by molar-refractivity contribution is 6.58. The Morgan fingerprint density at radius 1 is 0.576 bits per heavy atom. The fraction of sp³-hybridized carbons (Fsp3) is 0.0385. The zero-order valence-electron chi connectivity index (χ0n) is 17.9. The first-order valence-electron chi connectivity index (χ1n) is 10.5. The van der Waals surface area contributed by atoms with Gasteiger partial charge in [0.25, 0.3) is 0 Å². The molecule has 1 heterocycles. The molecule has 0 aliphatic rings. The number of hydrogen-bond donors (Lipinski definition) is 2. The average molecular weight is 434 g/mol. The van der Waals surface area contributed by atoms with E-state index in [1.165, 1.54) is 6.33 Å². The molecule has 0 unspecified atom stereocenters. The minimum atomic E-state index is -1.34. The minimum absolute atomic E-state index is 0.525. The topological polar surface area (TPSA) is 84.1 Å². The molecule has 0 atom stereocenters. The van der Waals surface area contributed by atoms with Gasteiger partial charge in [0.1, 0.15) is 0 Å². The van der Waals surface area contributed by atoms with Crippen LogP contribution in [0.25, 0.3) is 0 Å². The second-order valence-electron chi connectivity index (χ2n) is 7.32. The predicted octanol–water partition coefficient (Wildman–Crippen LogP) is 2.88. The van der Waals surface area contributed by atoms with Gasteiger partial charge in [-0.25, -0.2) is 0 Å². The van der Waals surface area contributed by atoms with Crippen LogP contribution in [0.4, 0.5) is 0 Å². The van der Waals surface area contributed by atoms with Crippen molar-refractivity contribution >= 4 is 12.6 Å². The first kappa shape index (κ1) is 22.1. The van der Waals surface area contributed by atoms with E-state index in [4.69, 9.17) is 10.0 Å². The van der Waals surface area contributed by atoms with E-state index in [1.54, 1.807) is 29.1 Å². The maximum absolute atomic E-state index is 8.58. The number of hydrogen-bond acceptors (Lipinski definition) is 5. The quantitative estimate of drug-likeness (QED) is 0.328. The summed E-state index contributed by atoms with van der Waals surface area (Å²) in [5, 5.41) is 29.8. The lowest BCUT2D eigenvalue weighted by Crippen LogP contribution is -2.39. The molecule has 5 aromatic rings. The van der Waals surface area contributed by atoms with Gasteiger partial charge in [-0.3, -0.25) is 0 Å². The number of aromatic nitrogens is 4. The van der Waals surface area contributed by atoms with E-state index in [1.807, 2.05) is 60.7 Å².